The number of nitrogens with two attached hydrogens (primary N) is 1. The Morgan fingerprint density at radius 3 is 2.67 bits per heavy atom. The summed E-state index contributed by atoms with van der Waals surface area (Å²) in [4.78, 5) is 0. The minimum atomic E-state index is 0.665. The third-order valence-electron chi connectivity index (χ3n) is 2.25. The quantitative estimate of drug-likeness (QED) is 0.418. The lowest BCUT2D eigenvalue weighted by Gasteiger charge is -2.11. The van der Waals surface area contributed by atoms with Crippen molar-refractivity contribution in [1.82, 2.24) is 0 Å². The van der Waals surface area contributed by atoms with Crippen LogP contribution < -0.4 is 11.1 Å². The number of nitrogens with one attached hydrogen (secondary N) is 2. The van der Waals surface area contributed by atoms with Gasteiger partial charge >= 0.3 is 0 Å². The van der Waals surface area contributed by atoms with E-state index in [1.54, 1.807) is 12.1 Å². The van der Waals surface area contributed by atoms with Crippen LogP contribution in [0.2, 0.25) is 0 Å². The molecule has 0 spiro atoms. The number of benzene rings is 1. The lowest BCUT2D eigenvalue weighted by atomic mass is 10.1. The first-order chi connectivity index (χ1) is 8.56. The van der Waals surface area contributed by atoms with Crippen LogP contribution in [0.5, 0.6) is 0 Å². The fourth-order valence-electron chi connectivity index (χ4n) is 1.53. The summed E-state index contributed by atoms with van der Waals surface area (Å²) in [5, 5.41) is 10.6. The van der Waals surface area contributed by atoms with Gasteiger partial charge in [0.15, 0.2) is 0 Å². The maximum atomic E-state index is 7.38. The Morgan fingerprint density at radius 2 is 2.11 bits per heavy atom. The zero-order valence-corrected chi connectivity index (χ0v) is 10.8. The molecule has 18 heavy (non-hydrogen) atoms. The topological polar surface area (TPSA) is 61.9 Å². The van der Waals surface area contributed by atoms with Crippen LogP contribution in [0, 0.1) is 5.41 Å². The Balaban J connectivity index is 3.11. The van der Waals surface area contributed by atoms with Crippen LogP contribution in [-0.4, -0.2) is 6.21 Å². The molecule has 0 atom stereocenters. The Kier molecular flexibility index (Phi) is 4.93. The number of anilines is 2. The van der Waals surface area contributed by atoms with E-state index >= 15 is 0 Å². The summed E-state index contributed by atoms with van der Waals surface area (Å²) in [5.74, 6) is 0. The molecule has 0 aliphatic carbocycles. The molecule has 0 aliphatic rings. The summed E-state index contributed by atoms with van der Waals surface area (Å²) >= 11 is 0. The van der Waals surface area contributed by atoms with Crippen molar-refractivity contribution in [3.05, 3.63) is 59.8 Å². The molecule has 0 fully saturated rings. The molecule has 1 aromatic carbocycles. The van der Waals surface area contributed by atoms with Gasteiger partial charge in [-0.25, -0.2) is 0 Å². The second-order valence-electron chi connectivity index (χ2n) is 4.20. The smallest absolute Gasteiger partial charge is 0.0493 e. The average molecular weight is 241 g/mol. The van der Waals surface area contributed by atoms with Crippen LogP contribution in [0.15, 0.2) is 54.3 Å². The summed E-state index contributed by atoms with van der Waals surface area (Å²) in [6.07, 6.45) is 6.91. The van der Waals surface area contributed by atoms with E-state index in [-0.39, 0.29) is 0 Å². The highest BCUT2D eigenvalue weighted by Gasteiger charge is 2.02. The highest BCUT2D eigenvalue weighted by atomic mass is 14.9. The Bertz CT molecular complexity index is 506. The normalized spacial score (nSPS) is 10.7. The third-order valence-corrected chi connectivity index (χ3v) is 2.25. The molecule has 94 valence electrons. The zero-order valence-electron chi connectivity index (χ0n) is 10.8. The first kappa shape index (κ1) is 13.8. The molecular weight excluding hydrogens is 222 g/mol. The largest absolute Gasteiger partial charge is 0.399 e. The second-order valence-corrected chi connectivity index (χ2v) is 4.20. The molecule has 0 unspecified atom stereocenters. The molecule has 3 heteroatoms. The van der Waals surface area contributed by atoms with Gasteiger partial charge in [0.05, 0.1) is 0 Å². The van der Waals surface area contributed by atoms with Crippen molar-refractivity contribution >= 4 is 17.6 Å². The maximum Gasteiger partial charge on any atom is 0.0493 e. The maximum absolute atomic E-state index is 7.38. The molecule has 0 radical (unpaired) electrons. The van der Waals surface area contributed by atoms with E-state index in [0.717, 1.165) is 16.9 Å². The lowest BCUT2D eigenvalue weighted by Crippen LogP contribution is -2.01. The van der Waals surface area contributed by atoms with Crippen molar-refractivity contribution in [2.24, 2.45) is 0 Å². The van der Waals surface area contributed by atoms with Crippen molar-refractivity contribution in [1.29, 1.82) is 5.41 Å². The fraction of sp³-hybridized carbons (Fsp3) is 0.133. The SMILES string of the molecule is C=C/C=C(\C=C(C)C)Nc1cc(N)ccc1C=N. The highest BCUT2D eigenvalue weighted by Crippen LogP contribution is 2.20. The van der Waals surface area contributed by atoms with Crippen molar-refractivity contribution in [3.8, 4) is 0 Å². The Hall–Kier alpha value is -2.29. The molecule has 0 aromatic heterocycles. The highest BCUT2D eigenvalue weighted by molar-refractivity contribution is 5.87. The Morgan fingerprint density at radius 1 is 1.39 bits per heavy atom. The third kappa shape index (κ3) is 3.94. The summed E-state index contributed by atoms with van der Waals surface area (Å²) in [7, 11) is 0. The molecule has 0 aliphatic heterocycles. The van der Waals surface area contributed by atoms with Gasteiger partial charge in [0.1, 0.15) is 0 Å². The van der Waals surface area contributed by atoms with Crippen molar-refractivity contribution in [2.75, 3.05) is 11.1 Å². The van der Waals surface area contributed by atoms with Crippen LogP contribution in [0.4, 0.5) is 11.4 Å². The van der Waals surface area contributed by atoms with Crippen LogP contribution in [0.25, 0.3) is 0 Å². The fourth-order valence-corrected chi connectivity index (χ4v) is 1.53. The molecule has 4 N–H and O–H groups in total. The number of hydrogen-bond donors (Lipinski definition) is 3. The van der Waals surface area contributed by atoms with Crippen LogP contribution in [0.1, 0.15) is 19.4 Å². The first-order valence-electron chi connectivity index (χ1n) is 5.71. The molecule has 3 nitrogen and oxygen atoms in total. The van der Waals surface area contributed by atoms with Crippen molar-refractivity contribution in [2.45, 2.75) is 13.8 Å². The summed E-state index contributed by atoms with van der Waals surface area (Å²) < 4.78 is 0. The van der Waals surface area contributed by atoms with Crippen LogP contribution in [-0.2, 0) is 0 Å². The molecule has 1 rings (SSSR count). The predicted molar refractivity (Wildman–Crippen MR) is 80.1 cm³/mol. The summed E-state index contributed by atoms with van der Waals surface area (Å²) in [5.41, 5.74) is 10.1. The van der Waals surface area contributed by atoms with Gasteiger partial charge < -0.3 is 16.5 Å². The molecule has 0 bridgehead atoms. The van der Waals surface area contributed by atoms with Gasteiger partial charge in [0.2, 0.25) is 0 Å². The van der Waals surface area contributed by atoms with E-state index in [1.807, 2.05) is 38.1 Å². The summed E-state index contributed by atoms with van der Waals surface area (Å²) in [6, 6.07) is 5.41. The van der Waals surface area contributed by atoms with Crippen LogP contribution >= 0.6 is 0 Å². The van der Waals surface area contributed by atoms with Gasteiger partial charge in [-0.05, 0) is 44.2 Å². The Labute approximate surface area is 108 Å². The monoisotopic (exact) mass is 241 g/mol. The zero-order chi connectivity index (χ0) is 13.5. The molecule has 0 saturated carbocycles. The van der Waals surface area contributed by atoms with E-state index < -0.39 is 0 Å². The molecule has 0 saturated heterocycles. The van der Waals surface area contributed by atoms with Crippen molar-refractivity contribution in [3.63, 3.8) is 0 Å². The van der Waals surface area contributed by atoms with Gasteiger partial charge in [-0.3, -0.25) is 0 Å². The first-order valence-corrected chi connectivity index (χ1v) is 5.71. The van der Waals surface area contributed by atoms with E-state index in [4.69, 9.17) is 11.1 Å². The van der Waals surface area contributed by atoms with Crippen molar-refractivity contribution < 1.29 is 0 Å². The minimum absolute atomic E-state index is 0.665. The number of hydrogen-bond acceptors (Lipinski definition) is 3. The molecule has 0 amide bonds. The number of allylic oxidation sites excluding steroid dienone is 4. The number of nitrogen functional groups attached to an aromatic ring is 1. The van der Waals surface area contributed by atoms with E-state index in [0.29, 0.717) is 5.69 Å². The van der Waals surface area contributed by atoms with Gasteiger partial charge in [-0.2, -0.15) is 0 Å². The van der Waals surface area contributed by atoms with E-state index in [2.05, 4.69) is 11.9 Å². The molecule has 1 aromatic rings. The van der Waals surface area contributed by atoms with Gasteiger partial charge in [-0.1, -0.05) is 18.2 Å². The minimum Gasteiger partial charge on any atom is -0.399 e. The van der Waals surface area contributed by atoms with E-state index in [1.165, 1.54) is 11.8 Å². The standard InChI is InChI=1S/C15H19N3/c1-4-5-14(8-11(2)3)18-15-9-13(17)7-6-12(15)10-16/h4-10,16,18H,1,17H2,2-3H3/b14-5+,16-10?. The van der Waals surface area contributed by atoms with E-state index in [9.17, 15) is 0 Å². The molecular formula is C15H19N3. The van der Waals surface area contributed by atoms with Gasteiger partial charge in [0.25, 0.3) is 0 Å². The molecule has 0 heterocycles. The van der Waals surface area contributed by atoms with Gasteiger partial charge in [0, 0.05) is 28.8 Å². The lowest BCUT2D eigenvalue weighted by molar-refractivity contribution is 1.34. The number of rotatable bonds is 5. The predicted octanol–water partition coefficient (Wildman–Crippen LogP) is 3.71. The van der Waals surface area contributed by atoms with Gasteiger partial charge in [-0.15, -0.1) is 0 Å². The average Bonchev–Trinajstić information content (AvgIpc) is 2.28. The van der Waals surface area contributed by atoms with Crippen LogP contribution in [0.3, 0.4) is 0 Å². The second kappa shape index (κ2) is 6.45. The summed E-state index contributed by atoms with van der Waals surface area (Å²) in [6.45, 7) is 7.74.